The molecule has 0 spiro atoms. The molecule has 0 bridgehead atoms. The van der Waals surface area contributed by atoms with Crippen LogP contribution in [0.4, 0.5) is 0 Å². The van der Waals surface area contributed by atoms with Gasteiger partial charge in [0.1, 0.15) is 11.5 Å². The molecule has 2 N–H and O–H groups in total. The Morgan fingerprint density at radius 2 is 1.70 bits per heavy atom. The quantitative estimate of drug-likeness (QED) is 0.478. The third kappa shape index (κ3) is 3.31. The summed E-state index contributed by atoms with van der Waals surface area (Å²) in [5, 5.41) is 13.4. The highest BCUT2D eigenvalue weighted by atomic mass is 16.5. The molecule has 0 aromatic heterocycles. The van der Waals surface area contributed by atoms with Crippen LogP contribution in [0.25, 0.3) is 5.76 Å². The number of ether oxygens (including phenoxy) is 3. The van der Waals surface area contributed by atoms with Gasteiger partial charge in [-0.25, -0.2) is 0 Å². The number of methoxy groups -OCH3 is 3. The van der Waals surface area contributed by atoms with Gasteiger partial charge in [0.25, 0.3) is 11.7 Å². The van der Waals surface area contributed by atoms with Gasteiger partial charge in [0.15, 0.2) is 11.5 Å². The molecule has 3 rings (SSSR count). The topological polar surface area (TPSA) is 94.1 Å². The molecular weight excluding hydrogens is 350 g/mol. The molecule has 27 heavy (non-hydrogen) atoms. The van der Waals surface area contributed by atoms with Crippen LogP contribution in [-0.2, 0) is 9.59 Å². The van der Waals surface area contributed by atoms with Crippen LogP contribution < -0.4 is 19.5 Å². The number of rotatable bonds is 5. The van der Waals surface area contributed by atoms with Crippen molar-refractivity contribution in [1.29, 1.82) is 0 Å². The summed E-state index contributed by atoms with van der Waals surface area (Å²) in [6, 6.07) is 10.9. The number of carbonyl (C=O) groups is 2. The van der Waals surface area contributed by atoms with Crippen LogP contribution in [0.15, 0.2) is 48.0 Å². The summed E-state index contributed by atoms with van der Waals surface area (Å²) in [6.07, 6.45) is 0. The lowest BCUT2D eigenvalue weighted by molar-refractivity contribution is -0.133. The number of amides is 1. The third-order valence-corrected chi connectivity index (χ3v) is 4.35. The van der Waals surface area contributed by atoms with Crippen LogP contribution in [0, 0.1) is 0 Å². The predicted octanol–water partition coefficient (Wildman–Crippen LogP) is 2.42. The highest BCUT2D eigenvalue weighted by Gasteiger charge is 2.39. The van der Waals surface area contributed by atoms with Crippen molar-refractivity contribution in [2.24, 2.45) is 0 Å². The summed E-state index contributed by atoms with van der Waals surface area (Å²) >= 11 is 0. The van der Waals surface area contributed by atoms with E-state index in [1.165, 1.54) is 21.3 Å². The molecule has 1 aliphatic rings. The molecule has 0 unspecified atom stereocenters. The smallest absolute Gasteiger partial charge is 0.293 e. The number of nitrogens with one attached hydrogen (secondary N) is 1. The number of hydrogen-bond donors (Lipinski definition) is 2. The van der Waals surface area contributed by atoms with Crippen LogP contribution in [-0.4, -0.2) is 38.1 Å². The van der Waals surface area contributed by atoms with Crippen LogP contribution in [0.5, 0.6) is 17.2 Å². The zero-order valence-electron chi connectivity index (χ0n) is 15.1. The molecule has 1 atom stereocenters. The summed E-state index contributed by atoms with van der Waals surface area (Å²) in [4.78, 5) is 24.4. The lowest BCUT2D eigenvalue weighted by Gasteiger charge is -2.15. The Kier molecular flexibility index (Phi) is 5.03. The first-order valence-corrected chi connectivity index (χ1v) is 8.14. The van der Waals surface area contributed by atoms with Crippen molar-refractivity contribution < 1.29 is 28.9 Å². The molecule has 140 valence electrons. The molecule has 7 heteroatoms. The van der Waals surface area contributed by atoms with E-state index in [4.69, 9.17) is 14.2 Å². The predicted molar refractivity (Wildman–Crippen MR) is 98.0 cm³/mol. The standard InChI is InChI=1S/C20H19NO6/c1-25-13-6-4-5-11(9-13)17-16(19(23)20(24)21-17)18(22)12-7-8-14(26-2)15(10-12)27-3/h4-10,17,22H,1-3H3,(H,21,24)/t17-/m1/s1. The van der Waals surface area contributed by atoms with Crippen LogP contribution in [0.2, 0.25) is 0 Å². The van der Waals surface area contributed by atoms with Crippen molar-refractivity contribution in [3.05, 3.63) is 59.2 Å². The van der Waals surface area contributed by atoms with Gasteiger partial charge in [-0.15, -0.1) is 0 Å². The van der Waals surface area contributed by atoms with E-state index in [2.05, 4.69) is 5.32 Å². The maximum absolute atomic E-state index is 12.4. The zero-order chi connectivity index (χ0) is 19.6. The molecule has 2 aromatic carbocycles. The summed E-state index contributed by atoms with van der Waals surface area (Å²) in [7, 11) is 4.49. The number of aliphatic hydroxyl groups is 1. The molecule has 1 heterocycles. The van der Waals surface area contributed by atoms with E-state index in [0.29, 0.717) is 28.4 Å². The minimum absolute atomic E-state index is 0.0273. The zero-order valence-corrected chi connectivity index (χ0v) is 15.1. The number of aliphatic hydroxyl groups excluding tert-OH is 1. The Hall–Kier alpha value is -3.48. The fourth-order valence-electron chi connectivity index (χ4n) is 2.98. The normalized spacial score (nSPS) is 18.1. The monoisotopic (exact) mass is 369 g/mol. The summed E-state index contributed by atoms with van der Waals surface area (Å²) in [5.41, 5.74) is 0.927. The van der Waals surface area contributed by atoms with E-state index in [1.807, 2.05) is 0 Å². The van der Waals surface area contributed by atoms with Gasteiger partial charge in [-0.1, -0.05) is 12.1 Å². The maximum Gasteiger partial charge on any atom is 0.293 e. The summed E-state index contributed by atoms with van der Waals surface area (Å²) < 4.78 is 15.6. The highest BCUT2D eigenvalue weighted by Crippen LogP contribution is 2.36. The molecule has 1 amide bonds. The molecule has 2 aromatic rings. The van der Waals surface area contributed by atoms with Crippen LogP contribution in [0.3, 0.4) is 0 Å². The van der Waals surface area contributed by atoms with Gasteiger partial charge in [-0.05, 0) is 35.9 Å². The number of hydrogen-bond acceptors (Lipinski definition) is 6. The Labute approximate surface area is 156 Å². The van der Waals surface area contributed by atoms with E-state index in [-0.39, 0.29) is 11.3 Å². The van der Waals surface area contributed by atoms with E-state index in [1.54, 1.807) is 42.5 Å². The van der Waals surface area contributed by atoms with Gasteiger partial charge in [0.05, 0.1) is 32.9 Å². The largest absolute Gasteiger partial charge is 0.507 e. The number of Topliss-reactive ketones (excluding diaryl/α,β-unsaturated/α-hetero) is 1. The molecule has 0 aliphatic carbocycles. The van der Waals surface area contributed by atoms with Crippen molar-refractivity contribution in [1.82, 2.24) is 5.32 Å². The number of ketones is 1. The van der Waals surface area contributed by atoms with E-state index in [9.17, 15) is 14.7 Å². The third-order valence-electron chi connectivity index (χ3n) is 4.35. The molecule has 1 aliphatic heterocycles. The SMILES string of the molecule is COc1cccc([C@H]2NC(=O)C(=O)C2=C(O)c2ccc(OC)c(OC)c2)c1. The average Bonchev–Trinajstić information content (AvgIpc) is 3.01. The number of carbonyl (C=O) groups excluding carboxylic acids is 2. The molecule has 1 fully saturated rings. The van der Waals surface area contributed by atoms with Crippen molar-refractivity contribution in [2.45, 2.75) is 6.04 Å². The van der Waals surface area contributed by atoms with Crippen molar-refractivity contribution in [2.75, 3.05) is 21.3 Å². The van der Waals surface area contributed by atoms with Crippen molar-refractivity contribution in [3.8, 4) is 17.2 Å². The fraction of sp³-hybridized carbons (Fsp3) is 0.200. The maximum atomic E-state index is 12.4. The molecular formula is C20H19NO6. The lowest BCUT2D eigenvalue weighted by atomic mass is 9.95. The molecule has 1 saturated heterocycles. The Balaban J connectivity index is 2.12. The fourth-order valence-corrected chi connectivity index (χ4v) is 2.98. The van der Waals surface area contributed by atoms with Gasteiger partial charge < -0.3 is 24.6 Å². The van der Waals surface area contributed by atoms with Gasteiger partial charge in [0.2, 0.25) is 0 Å². The van der Waals surface area contributed by atoms with Crippen molar-refractivity contribution in [3.63, 3.8) is 0 Å². The Bertz CT molecular complexity index is 934. The molecule has 7 nitrogen and oxygen atoms in total. The minimum Gasteiger partial charge on any atom is -0.507 e. The van der Waals surface area contributed by atoms with E-state index >= 15 is 0 Å². The highest BCUT2D eigenvalue weighted by molar-refractivity contribution is 6.46. The first-order chi connectivity index (χ1) is 13.0. The van der Waals surface area contributed by atoms with Gasteiger partial charge in [0, 0.05) is 5.56 Å². The molecule has 0 radical (unpaired) electrons. The molecule has 0 saturated carbocycles. The van der Waals surface area contributed by atoms with E-state index < -0.39 is 17.7 Å². The van der Waals surface area contributed by atoms with E-state index in [0.717, 1.165) is 0 Å². The van der Waals surface area contributed by atoms with Gasteiger partial charge in [-0.3, -0.25) is 9.59 Å². The minimum atomic E-state index is -0.784. The second kappa shape index (κ2) is 7.41. The Morgan fingerprint density at radius 1 is 0.963 bits per heavy atom. The lowest BCUT2D eigenvalue weighted by Crippen LogP contribution is -2.21. The second-order valence-electron chi connectivity index (χ2n) is 5.84. The first kappa shape index (κ1) is 18.3. The van der Waals surface area contributed by atoms with Crippen LogP contribution in [0.1, 0.15) is 17.2 Å². The van der Waals surface area contributed by atoms with Gasteiger partial charge in [-0.2, -0.15) is 0 Å². The second-order valence-corrected chi connectivity index (χ2v) is 5.84. The Morgan fingerprint density at radius 3 is 2.37 bits per heavy atom. The van der Waals surface area contributed by atoms with Crippen molar-refractivity contribution >= 4 is 17.4 Å². The van der Waals surface area contributed by atoms with Crippen LogP contribution >= 0.6 is 0 Å². The van der Waals surface area contributed by atoms with Gasteiger partial charge >= 0.3 is 0 Å². The number of benzene rings is 2. The first-order valence-electron chi connectivity index (χ1n) is 8.14. The summed E-state index contributed by atoms with van der Waals surface area (Å²) in [5.74, 6) is -0.404. The summed E-state index contributed by atoms with van der Waals surface area (Å²) in [6.45, 7) is 0. The average molecular weight is 369 g/mol.